The van der Waals surface area contributed by atoms with Crippen LogP contribution >= 0.6 is 0 Å². The summed E-state index contributed by atoms with van der Waals surface area (Å²) in [7, 11) is 0. The summed E-state index contributed by atoms with van der Waals surface area (Å²) in [4.78, 5) is 10.8. The fourth-order valence-electron chi connectivity index (χ4n) is 2.23. The van der Waals surface area contributed by atoms with Crippen LogP contribution in [0.5, 0.6) is 0 Å². The Bertz CT molecular complexity index is 539. The average Bonchev–Trinajstić information content (AvgIpc) is 2.39. The Labute approximate surface area is 121 Å². The molecule has 20 heavy (non-hydrogen) atoms. The Morgan fingerprint density at radius 1 is 1.00 bits per heavy atom. The Morgan fingerprint density at radius 2 is 1.65 bits per heavy atom. The van der Waals surface area contributed by atoms with Crippen molar-refractivity contribution in [2.75, 3.05) is 4.90 Å². The Hall–Kier alpha value is -1.90. The molecule has 0 spiro atoms. The van der Waals surface area contributed by atoms with E-state index in [-0.39, 0.29) is 5.41 Å². The van der Waals surface area contributed by atoms with Crippen molar-refractivity contribution in [1.82, 2.24) is 9.97 Å². The van der Waals surface area contributed by atoms with E-state index in [9.17, 15) is 0 Å². The van der Waals surface area contributed by atoms with E-state index in [2.05, 4.69) is 73.8 Å². The van der Waals surface area contributed by atoms with E-state index in [4.69, 9.17) is 0 Å². The SMILES string of the molecule is CC(C)N(c1ccc(C(C)(C)C)cc1)c1cnccn1. The van der Waals surface area contributed by atoms with E-state index in [1.807, 2.05) is 0 Å². The van der Waals surface area contributed by atoms with Crippen LogP contribution in [0.2, 0.25) is 0 Å². The minimum absolute atomic E-state index is 0.174. The van der Waals surface area contributed by atoms with Gasteiger partial charge in [-0.15, -0.1) is 0 Å². The molecule has 2 aromatic rings. The Morgan fingerprint density at radius 3 is 2.10 bits per heavy atom. The minimum atomic E-state index is 0.174. The lowest BCUT2D eigenvalue weighted by Gasteiger charge is -2.28. The van der Waals surface area contributed by atoms with Crippen molar-refractivity contribution in [3.05, 3.63) is 48.4 Å². The molecule has 0 saturated carbocycles. The first-order valence-electron chi connectivity index (χ1n) is 7.05. The highest BCUT2D eigenvalue weighted by Crippen LogP contribution is 2.29. The van der Waals surface area contributed by atoms with Crippen LogP contribution in [0.25, 0.3) is 0 Å². The van der Waals surface area contributed by atoms with E-state index in [0.29, 0.717) is 6.04 Å². The van der Waals surface area contributed by atoms with Gasteiger partial charge >= 0.3 is 0 Å². The Kier molecular flexibility index (Phi) is 4.07. The first-order valence-corrected chi connectivity index (χ1v) is 7.05. The van der Waals surface area contributed by atoms with Crippen molar-refractivity contribution in [3.8, 4) is 0 Å². The molecule has 106 valence electrons. The number of aromatic nitrogens is 2. The molecule has 0 radical (unpaired) electrons. The van der Waals surface area contributed by atoms with E-state index in [0.717, 1.165) is 11.5 Å². The second-order valence-electron chi connectivity index (χ2n) is 6.32. The second-order valence-corrected chi connectivity index (χ2v) is 6.32. The maximum Gasteiger partial charge on any atom is 0.151 e. The summed E-state index contributed by atoms with van der Waals surface area (Å²) < 4.78 is 0. The molecule has 2 rings (SSSR count). The summed E-state index contributed by atoms with van der Waals surface area (Å²) in [5, 5.41) is 0. The van der Waals surface area contributed by atoms with Gasteiger partial charge in [0.1, 0.15) is 0 Å². The van der Waals surface area contributed by atoms with E-state index >= 15 is 0 Å². The first kappa shape index (κ1) is 14.5. The maximum atomic E-state index is 4.41. The van der Waals surface area contributed by atoms with Crippen molar-refractivity contribution in [2.24, 2.45) is 0 Å². The number of hydrogen-bond acceptors (Lipinski definition) is 3. The highest BCUT2D eigenvalue weighted by molar-refractivity contribution is 5.60. The number of nitrogens with zero attached hydrogens (tertiary/aromatic N) is 3. The summed E-state index contributed by atoms with van der Waals surface area (Å²) in [6.07, 6.45) is 5.23. The lowest BCUT2D eigenvalue weighted by Crippen LogP contribution is -2.26. The zero-order valence-corrected chi connectivity index (χ0v) is 13.0. The topological polar surface area (TPSA) is 29.0 Å². The fourth-order valence-corrected chi connectivity index (χ4v) is 2.23. The molecule has 0 unspecified atom stereocenters. The minimum Gasteiger partial charge on any atom is -0.323 e. The van der Waals surface area contributed by atoms with Gasteiger partial charge in [-0.3, -0.25) is 4.98 Å². The zero-order valence-electron chi connectivity index (χ0n) is 13.0. The lowest BCUT2D eigenvalue weighted by molar-refractivity contribution is 0.590. The molecule has 0 saturated heterocycles. The quantitative estimate of drug-likeness (QED) is 0.831. The van der Waals surface area contributed by atoms with Gasteiger partial charge in [-0.1, -0.05) is 32.9 Å². The molecule has 1 aromatic heterocycles. The third kappa shape index (κ3) is 3.16. The van der Waals surface area contributed by atoms with Crippen LogP contribution in [-0.2, 0) is 5.41 Å². The summed E-state index contributed by atoms with van der Waals surface area (Å²) in [6.45, 7) is 11.0. The number of anilines is 2. The monoisotopic (exact) mass is 269 g/mol. The van der Waals surface area contributed by atoms with Crippen molar-refractivity contribution in [3.63, 3.8) is 0 Å². The van der Waals surface area contributed by atoms with Crippen LogP contribution in [-0.4, -0.2) is 16.0 Å². The number of rotatable bonds is 3. The Balaban J connectivity index is 2.37. The van der Waals surface area contributed by atoms with Crippen molar-refractivity contribution < 1.29 is 0 Å². The standard InChI is InChI=1S/C17H23N3/c1-13(2)20(16-12-18-10-11-19-16)15-8-6-14(7-9-15)17(3,4)5/h6-13H,1-5H3. The van der Waals surface area contributed by atoms with Crippen LogP contribution < -0.4 is 4.90 Å². The molecule has 0 aliphatic carbocycles. The molecular formula is C17H23N3. The molecule has 0 aliphatic rings. The van der Waals surface area contributed by atoms with E-state index < -0.39 is 0 Å². The van der Waals surface area contributed by atoms with E-state index in [1.54, 1.807) is 18.6 Å². The van der Waals surface area contributed by atoms with Crippen LogP contribution in [0.15, 0.2) is 42.9 Å². The number of hydrogen-bond donors (Lipinski definition) is 0. The molecule has 1 aromatic carbocycles. The summed E-state index contributed by atoms with van der Waals surface area (Å²) in [5.74, 6) is 0.881. The van der Waals surface area contributed by atoms with Crippen molar-refractivity contribution in [1.29, 1.82) is 0 Å². The predicted molar refractivity (Wildman–Crippen MR) is 84.4 cm³/mol. The molecule has 3 heteroatoms. The maximum absolute atomic E-state index is 4.41. The van der Waals surface area contributed by atoms with Gasteiger partial charge in [-0.25, -0.2) is 4.98 Å². The van der Waals surface area contributed by atoms with Crippen molar-refractivity contribution in [2.45, 2.75) is 46.1 Å². The summed E-state index contributed by atoms with van der Waals surface area (Å²) in [6, 6.07) is 9.04. The molecular weight excluding hydrogens is 246 g/mol. The first-order chi connectivity index (χ1) is 9.39. The van der Waals surface area contributed by atoms with Gasteiger partial charge in [-0.2, -0.15) is 0 Å². The van der Waals surface area contributed by atoms with Gasteiger partial charge in [-0.05, 0) is 37.0 Å². The molecule has 0 amide bonds. The lowest BCUT2D eigenvalue weighted by atomic mass is 9.87. The molecule has 0 fully saturated rings. The van der Waals surface area contributed by atoms with Gasteiger partial charge < -0.3 is 4.90 Å². The third-order valence-corrected chi connectivity index (χ3v) is 3.32. The van der Waals surface area contributed by atoms with Crippen LogP contribution in [0.3, 0.4) is 0 Å². The van der Waals surface area contributed by atoms with E-state index in [1.165, 1.54) is 5.56 Å². The van der Waals surface area contributed by atoms with Gasteiger partial charge in [0.15, 0.2) is 5.82 Å². The van der Waals surface area contributed by atoms with Gasteiger partial charge in [0.25, 0.3) is 0 Å². The van der Waals surface area contributed by atoms with Crippen LogP contribution in [0.4, 0.5) is 11.5 Å². The molecule has 1 heterocycles. The highest BCUT2D eigenvalue weighted by Gasteiger charge is 2.17. The number of benzene rings is 1. The molecule has 0 atom stereocenters. The highest BCUT2D eigenvalue weighted by atomic mass is 15.2. The molecule has 0 bridgehead atoms. The normalized spacial score (nSPS) is 11.7. The zero-order chi connectivity index (χ0) is 14.8. The third-order valence-electron chi connectivity index (χ3n) is 3.32. The van der Waals surface area contributed by atoms with Gasteiger partial charge in [0.05, 0.1) is 6.20 Å². The summed E-state index contributed by atoms with van der Waals surface area (Å²) >= 11 is 0. The fraction of sp³-hybridized carbons (Fsp3) is 0.412. The molecule has 3 nitrogen and oxygen atoms in total. The van der Waals surface area contributed by atoms with Crippen LogP contribution in [0, 0.1) is 0 Å². The predicted octanol–water partition coefficient (Wildman–Crippen LogP) is 4.32. The molecule has 0 aliphatic heterocycles. The van der Waals surface area contributed by atoms with Gasteiger partial charge in [0.2, 0.25) is 0 Å². The smallest absolute Gasteiger partial charge is 0.151 e. The second kappa shape index (κ2) is 5.61. The average molecular weight is 269 g/mol. The van der Waals surface area contributed by atoms with Crippen LogP contribution in [0.1, 0.15) is 40.2 Å². The molecule has 0 N–H and O–H groups in total. The van der Waals surface area contributed by atoms with Gasteiger partial charge in [0, 0.05) is 24.1 Å². The summed E-state index contributed by atoms with van der Waals surface area (Å²) in [5.41, 5.74) is 2.66. The largest absolute Gasteiger partial charge is 0.323 e. The van der Waals surface area contributed by atoms with Crippen molar-refractivity contribution >= 4 is 11.5 Å².